The minimum Gasteiger partial charge on any atom is -0.460 e. The second kappa shape index (κ2) is 27.0. The number of piperidine rings is 1. The number of allylic oxidation sites excluding steroid dienone is 6. The standard InChI is InChI=1S/C52H83NO13/c1-31-18-14-13-15-19-33(3)44(63-11)29-40-23-22-38(8)52(61,66-40)49(58)50(59)53-25-17-16-20-41(53)51(60)65-45(35(5)26-32(2)21-24-42(54)39(9)62-10)30-43(55)34(4)28-37(7)47(57)48(64-12)46(56)36(6)27-31/h13-15,18-19,28,31-32,34-36,38-42,44-45,47-48,54,57,61H,16-17,20-27,29-30H2,1-12H3/b15-13?,18-14+,33-19?,37-28+. The van der Waals surface area contributed by atoms with E-state index in [1.54, 1.807) is 48.0 Å². The maximum atomic E-state index is 14.3. The van der Waals surface area contributed by atoms with Crippen LogP contribution in [0.25, 0.3) is 0 Å². The van der Waals surface area contributed by atoms with Gasteiger partial charge in [-0.25, -0.2) is 4.79 Å². The highest BCUT2D eigenvalue weighted by Crippen LogP contribution is 2.37. The van der Waals surface area contributed by atoms with Gasteiger partial charge in [-0.3, -0.25) is 19.2 Å². The molecular weight excluding hydrogens is 847 g/mol. The molecule has 0 aromatic carbocycles. The Labute approximate surface area is 394 Å². The molecule has 0 aliphatic carbocycles. The zero-order chi connectivity index (χ0) is 49.5. The molecule has 66 heavy (non-hydrogen) atoms. The van der Waals surface area contributed by atoms with Crippen LogP contribution in [-0.2, 0) is 47.7 Å². The van der Waals surface area contributed by atoms with E-state index in [2.05, 4.69) is 0 Å². The van der Waals surface area contributed by atoms with Gasteiger partial charge in [-0.1, -0.05) is 78.0 Å². The van der Waals surface area contributed by atoms with Crippen LogP contribution in [0.3, 0.4) is 0 Å². The van der Waals surface area contributed by atoms with Gasteiger partial charge < -0.3 is 43.9 Å². The first-order valence-corrected chi connectivity index (χ1v) is 24.3. The Morgan fingerprint density at radius 2 is 1.58 bits per heavy atom. The molecule has 3 rings (SSSR count). The molecule has 3 heterocycles. The Kier molecular flexibility index (Phi) is 23.3. The summed E-state index contributed by atoms with van der Waals surface area (Å²) in [5.41, 5.74) is 1.26. The first kappa shape index (κ1) is 57.0. The average Bonchev–Trinajstić information content (AvgIpc) is 3.29. The third kappa shape index (κ3) is 15.8. The molecule has 15 atom stereocenters. The van der Waals surface area contributed by atoms with Crippen LogP contribution in [0.1, 0.15) is 133 Å². The molecule has 1 amide bonds. The Morgan fingerprint density at radius 1 is 0.879 bits per heavy atom. The van der Waals surface area contributed by atoms with Crippen LogP contribution in [0, 0.1) is 35.5 Å². The van der Waals surface area contributed by atoms with Crippen molar-refractivity contribution < 1.29 is 63.0 Å². The summed E-state index contributed by atoms with van der Waals surface area (Å²) in [4.78, 5) is 71.7. The first-order chi connectivity index (χ1) is 31.1. The first-order valence-electron chi connectivity index (χ1n) is 24.3. The number of nitrogens with zero attached hydrogens (tertiary/aromatic N) is 1. The van der Waals surface area contributed by atoms with Crippen molar-refractivity contribution in [2.24, 2.45) is 35.5 Å². The number of rotatable bonds is 10. The second-order valence-electron chi connectivity index (χ2n) is 19.8. The van der Waals surface area contributed by atoms with E-state index >= 15 is 0 Å². The molecule has 2 bridgehead atoms. The van der Waals surface area contributed by atoms with Gasteiger partial charge in [0.25, 0.3) is 11.7 Å². The summed E-state index contributed by atoms with van der Waals surface area (Å²) in [6.07, 6.45) is 10.3. The van der Waals surface area contributed by atoms with Crippen molar-refractivity contribution in [3.8, 4) is 0 Å². The molecule has 3 aliphatic heterocycles. The van der Waals surface area contributed by atoms with Crippen LogP contribution < -0.4 is 0 Å². The number of cyclic esters (lactones) is 1. The highest BCUT2D eigenvalue weighted by Gasteiger charge is 2.53. The number of carbonyl (C=O) groups excluding carboxylic acids is 5. The van der Waals surface area contributed by atoms with Gasteiger partial charge in [0.1, 0.15) is 30.1 Å². The number of aliphatic hydroxyl groups excluding tert-OH is 2. The zero-order valence-corrected chi connectivity index (χ0v) is 41.9. The number of esters is 1. The zero-order valence-electron chi connectivity index (χ0n) is 41.9. The topological polar surface area (TPSA) is 195 Å². The third-order valence-electron chi connectivity index (χ3n) is 14.2. The lowest BCUT2D eigenvalue weighted by molar-refractivity contribution is -0.265. The van der Waals surface area contributed by atoms with E-state index in [0.29, 0.717) is 63.4 Å². The van der Waals surface area contributed by atoms with Gasteiger partial charge in [0, 0.05) is 58.5 Å². The predicted octanol–water partition coefficient (Wildman–Crippen LogP) is 6.82. The van der Waals surface area contributed by atoms with Gasteiger partial charge in [0.2, 0.25) is 5.79 Å². The number of ether oxygens (including phenoxy) is 5. The van der Waals surface area contributed by atoms with Crippen molar-refractivity contribution >= 4 is 29.2 Å². The normalized spacial score (nSPS) is 35.4. The predicted molar refractivity (Wildman–Crippen MR) is 252 cm³/mol. The van der Waals surface area contributed by atoms with E-state index in [4.69, 9.17) is 23.7 Å². The molecule has 0 spiro atoms. The van der Waals surface area contributed by atoms with Crippen LogP contribution in [-0.4, -0.2) is 132 Å². The number of ketones is 3. The fourth-order valence-electron chi connectivity index (χ4n) is 9.53. The van der Waals surface area contributed by atoms with Gasteiger partial charge in [0.15, 0.2) is 5.78 Å². The number of carbonyl (C=O) groups is 5. The van der Waals surface area contributed by atoms with Gasteiger partial charge in [-0.2, -0.15) is 0 Å². The SMILES string of the molecule is COC1CC2CCC(C)C(O)(O2)C(=O)C(=O)N2CCCCC2C(=O)OC(C(C)CC(C)CCC(O)C(C)OC)CC(=O)C(C)/C=C(\C)C(O)C(OC)C(=O)C(C)CC(C)/C=C/C=CC=C1C. The molecule has 0 aromatic heterocycles. The lowest BCUT2D eigenvalue weighted by Gasteiger charge is -2.42. The van der Waals surface area contributed by atoms with E-state index < -0.39 is 83.9 Å². The lowest BCUT2D eigenvalue weighted by atomic mass is 9.85. The quantitative estimate of drug-likeness (QED) is 0.118. The molecule has 15 unspecified atom stereocenters. The third-order valence-corrected chi connectivity index (χ3v) is 14.2. The maximum absolute atomic E-state index is 14.3. The molecule has 14 heteroatoms. The summed E-state index contributed by atoms with van der Waals surface area (Å²) in [5, 5.41) is 33.9. The number of hydrogen-bond donors (Lipinski definition) is 3. The molecule has 2 saturated heterocycles. The van der Waals surface area contributed by atoms with Gasteiger partial charge in [0.05, 0.1) is 24.4 Å². The monoisotopic (exact) mass is 930 g/mol. The minimum atomic E-state index is -2.43. The average molecular weight is 930 g/mol. The number of fused-ring (bicyclic) bond motifs is 3. The van der Waals surface area contributed by atoms with Crippen LogP contribution in [0.2, 0.25) is 0 Å². The number of aliphatic hydroxyl groups is 3. The van der Waals surface area contributed by atoms with Crippen LogP contribution >= 0.6 is 0 Å². The van der Waals surface area contributed by atoms with E-state index in [0.717, 1.165) is 5.57 Å². The maximum Gasteiger partial charge on any atom is 0.329 e. The number of hydrogen-bond acceptors (Lipinski definition) is 13. The molecule has 3 aliphatic rings. The highest BCUT2D eigenvalue weighted by molar-refractivity contribution is 6.39. The van der Waals surface area contributed by atoms with Gasteiger partial charge in [-0.15, -0.1) is 0 Å². The Balaban J connectivity index is 2.04. The molecule has 0 aromatic rings. The number of methoxy groups -OCH3 is 3. The highest BCUT2D eigenvalue weighted by atomic mass is 16.6. The molecule has 0 saturated carbocycles. The Bertz CT molecular complexity index is 1740. The second-order valence-corrected chi connectivity index (χ2v) is 19.8. The summed E-state index contributed by atoms with van der Waals surface area (Å²) >= 11 is 0. The van der Waals surface area contributed by atoms with Crippen molar-refractivity contribution in [2.45, 2.75) is 187 Å². The van der Waals surface area contributed by atoms with Crippen molar-refractivity contribution in [2.75, 3.05) is 27.9 Å². The van der Waals surface area contributed by atoms with E-state index in [9.17, 15) is 39.3 Å². The summed E-state index contributed by atoms with van der Waals surface area (Å²) in [5.74, 6) is -8.06. The smallest absolute Gasteiger partial charge is 0.329 e. The van der Waals surface area contributed by atoms with Crippen molar-refractivity contribution in [3.05, 3.63) is 47.6 Å². The van der Waals surface area contributed by atoms with Crippen LogP contribution in [0.5, 0.6) is 0 Å². The van der Waals surface area contributed by atoms with Gasteiger partial charge in [-0.05, 0) is 107 Å². The summed E-state index contributed by atoms with van der Waals surface area (Å²) in [6.45, 7) is 16.5. The van der Waals surface area contributed by atoms with Crippen LogP contribution in [0.15, 0.2) is 47.6 Å². The van der Waals surface area contributed by atoms with Crippen molar-refractivity contribution in [1.82, 2.24) is 4.90 Å². The lowest BCUT2D eigenvalue weighted by Crippen LogP contribution is -2.61. The number of amides is 1. The van der Waals surface area contributed by atoms with E-state index in [1.807, 2.05) is 65.0 Å². The Morgan fingerprint density at radius 3 is 2.23 bits per heavy atom. The molecule has 374 valence electrons. The molecule has 2 fully saturated rings. The Hall–Kier alpha value is -3.37. The van der Waals surface area contributed by atoms with Crippen molar-refractivity contribution in [1.29, 1.82) is 0 Å². The fraction of sp³-hybridized carbons (Fsp3) is 0.750. The summed E-state index contributed by atoms with van der Waals surface area (Å²) < 4.78 is 29.1. The molecule has 3 N–H and O–H groups in total. The van der Waals surface area contributed by atoms with E-state index in [1.165, 1.54) is 12.0 Å². The number of Topliss-reactive ketones (excluding diaryl/α,β-unsaturated/α-hetero) is 3. The van der Waals surface area contributed by atoms with E-state index in [-0.39, 0.29) is 54.8 Å². The van der Waals surface area contributed by atoms with Crippen LogP contribution in [0.4, 0.5) is 0 Å². The fourth-order valence-corrected chi connectivity index (χ4v) is 9.53. The molecule has 0 radical (unpaired) electrons. The molecule has 14 nitrogen and oxygen atoms in total. The molecular formula is C52H83NO13. The minimum absolute atomic E-state index is 0.0173. The summed E-state index contributed by atoms with van der Waals surface area (Å²) in [6, 6.07) is -1.14. The van der Waals surface area contributed by atoms with Crippen molar-refractivity contribution in [3.63, 3.8) is 0 Å². The largest absolute Gasteiger partial charge is 0.460 e. The summed E-state index contributed by atoms with van der Waals surface area (Å²) in [7, 11) is 4.49. The van der Waals surface area contributed by atoms with Gasteiger partial charge >= 0.3 is 5.97 Å².